The Hall–Kier alpha value is -2.61. The number of benzene rings is 1. The third-order valence-electron chi connectivity index (χ3n) is 8.50. The van der Waals surface area contributed by atoms with Crippen LogP contribution in [0.3, 0.4) is 0 Å². The molecule has 3 aliphatic rings. The minimum atomic E-state index is -0.989. The Kier molecular flexibility index (Phi) is 7.37. The summed E-state index contributed by atoms with van der Waals surface area (Å²) in [6.07, 6.45) is 5.99. The Morgan fingerprint density at radius 1 is 1.08 bits per heavy atom. The van der Waals surface area contributed by atoms with Gasteiger partial charge in [-0.05, 0) is 77.9 Å². The van der Waals surface area contributed by atoms with Crippen molar-refractivity contribution >= 4 is 17.9 Å². The summed E-state index contributed by atoms with van der Waals surface area (Å²) in [6, 6.07) is 10.8. The fourth-order valence-corrected chi connectivity index (χ4v) is 6.31. The molecule has 2 saturated carbocycles. The van der Waals surface area contributed by atoms with Crippen LogP contribution in [-0.4, -0.2) is 82.5 Å². The molecule has 0 radical (unpaired) electrons. The minimum Gasteiger partial charge on any atom is -0.481 e. The first-order chi connectivity index (χ1) is 17.0. The van der Waals surface area contributed by atoms with E-state index in [-0.39, 0.29) is 35.9 Å². The number of hydrogen-bond acceptors (Lipinski definition) is 4. The molecule has 1 spiro atoms. The number of nitrogens with one attached hydrogen (secondary N) is 1. The minimum absolute atomic E-state index is 0.0361. The highest BCUT2D eigenvalue weighted by Crippen LogP contribution is 2.50. The van der Waals surface area contributed by atoms with Gasteiger partial charge in [0.05, 0.1) is 17.5 Å². The predicted molar refractivity (Wildman–Crippen MR) is 138 cm³/mol. The Balaban J connectivity index is 1.50. The van der Waals surface area contributed by atoms with Gasteiger partial charge < -0.3 is 20.2 Å². The molecule has 0 aromatic heterocycles. The van der Waals surface area contributed by atoms with E-state index in [1.165, 1.54) is 18.4 Å². The molecule has 4 rings (SSSR count). The molecular formula is C28H42N4O4. The van der Waals surface area contributed by atoms with Crippen LogP contribution in [0.2, 0.25) is 0 Å². The second-order valence-electron chi connectivity index (χ2n) is 12.0. The third kappa shape index (κ3) is 5.53. The lowest BCUT2D eigenvalue weighted by atomic mass is 9.68. The normalized spacial score (nSPS) is 26.6. The van der Waals surface area contributed by atoms with E-state index in [9.17, 15) is 14.4 Å². The quantitative estimate of drug-likeness (QED) is 0.514. The van der Waals surface area contributed by atoms with Crippen molar-refractivity contribution in [1.82, 2.24) is 20.0 Å². The standard InChI is InChI=1S/C28H42N4O4/c1-26(2,29-23(33)12-13-24(34)35)19-31-20-27(32(25(31)36)18-21-10-11-21)14-16-28(17-15-27,30(3)4)22-8-6-5-7-9-22/h5-9,21H,10-20H2,1-4H3,(H,29,33)(H,34,35)/t27-,28+. The fourth-order valence-electron chi connectivity index (χ4n) is 6.31. The van der Waals surface area contributed by atoms with Gasteiger partial charge in [-0.25, -0.2) is 4.79 Å². The van der Waals surface area contributed by atoms with Gasteiger partial charge in [0, 0.05) is 31.6 Å². The molecule has 1 heterocycles. The third-order valence-corrected chi connectivity index (χ3v) is 8.50. The molecule has 3 fully saturated rings. The van der Waals surface area contributed by atoms with Gasteiger partial charge in [0.2, 0.25) is 5.91 Å². The summed E-state index contributed by atoms with van der Waals surface area (Å²) in [5.41, 5.74) is 0.474. The molecule has 1 aromatic carbocycles. The molecule has 0 bridgehead atoms. The average Bonchev–Trinajstić information content (AvgIpc) is 3.61. The summed E-state index contributed by atoms with van der Waals surface area (Å²) in [5.74, 6) is -0.684. The van der Waals surface area contributed by atoms with E-state index in [2.05, 4.69) is 59.5 Å². The zero-order chi connectivity index (χ0) is 26.1. The van der Waals surface area contributed by atoms with Gasteiger partial charge in [-0.1, -0.05) is 30.3 Å². The summed E-state index contributed by atoms with van der Waals surface area (Å²) in [6.45, 7) is 5.71. The van der Waals surface area contributed by atoms with Crippen molar-refractivity contribution in [3.63, 3.8) is 0 Å². The van der Waals surface area contributed by atoms with Crippen LogP contribution in [-0.2, 0) is 15.1 Å². The number of amides is 3. The molecule has 0 atom stereocenters. The first kappa shape index (κ1) is 26.5. The number of rotatable bonds is 10. The van der Waals surface area contributed by atoms with E-state index in [0.29, 0.717) is 19.0 Å². The van der Waals surface area contributed by atoms with Crippen molar-refractivity contribution in [2.45, 2.75) is 81.8 Å². The van der Waals surface area contributed by atoms with Gasteiger partial charge in [0.25, 0.3) is 0 Å². The number of carbonyl (C=O) groups excluding carboxylic acids is 2. The van der Waals surface area contributed by atoms with Crippen LogP contribution in [0.1, 0.15) is 70.8 Å². The second kappa shape index (κ2) is 10.0. The first-order valence-corrected chi connectivity index (χ1v) is 13.3. The average molecular weight is 499 g/mol. The zero-order valence-corrected chi connectivity index (χ0v) is 22.3. The Morgan fingerprint density at radius 2 is 1.72 bits per heavy atom. The molecule has 8 heteroatoms. The number of carboxylic acids is 1. The molecule has 1 aliphatic heterocycles. The Labute approximate surface area is 215 Å². The molecule has 36 heavy (non-hydrogen) atoms. The number of nitrogens with zero attached hydrogens (tertiary/aromatic N) is 3. The van der Waals surface area contributed by atoms with Gasteiger partial charge in [0.1, 0.15) is 0 Å². The summed E-state index contributed by atoms with van der Waals surface area (Å²) in [4.78, 5) is 43.3. The molecular weight excluding hydrogens is 456 g/mol. The zero-order valence-electron chi connectivity index (χ0n) is 22.3. The van der Waals surface area contributed by atoms with Crippen LogP contribution in [0.5, 0.6) is 0 Å². The monoisotopic (exact) mass is 498 g/mol. The molecule has 8 nitrogen and oxygen atoms in total. The summed E-state index contributed by atoms with van der Waals surface area (Å²) >= 11 is 0. The second-order valence-corrected chi connectivity index (χ2v) is 12.0. The van der Waals surface area contributed by atoms with Crippen LogP contribution in [0.4, 0.5) is 4.79 Å². The van der Waals surface area contributed by atoms with Crippen molar-refractivity contribution in [3.05, 3.63) is 35.9 Å². The van der Waals surface area contributed by atoms with Crippen molar-refractivity contribution in [1.29, 1.82) is 0 Å². The van der Waals surface area contributed by atoms with E-state index in [0.717, 1.165) is 32.2 Å². The highest BCUT2D eigenvalue weighted by Gasteiger charge is 2.55. The van der Waals surface area contributed by atoms with Gasteiger partial charge in [-0.2, -0.15) is 0 Å². The maximum Gasteiger partial charge on any atom is 0.320 e. The maximum absolute atomic E-state index is 13.7. The summed E-state index contributed by atoms with van der Waals surface area (Å²) < 4.78 is 0. The van der Waals surface area contributed by atoms with Crippen molar-refractivity contribution in [2.24, 2.45) is 5.92 Å². The SMILES string of the molecule is CN(C)[C@]1(c2ccccc2)CC[C@]2(CC1)CN(CC(C)(C)NC(=O)CCC(=O)O)C(=O)N2CC1CC1. The van der Waals surface area contributed by atoms with E-state index in [4.69, 9.17) is 5.11 Å². The highest BCUT2D eigenvalue weighted by atomic mass is 16.4. The molecule has 2 N–H and O–H groups in total. The van der Waals surface area contributed by atoms with E-state index < -0.39 is 11.5 Å². The summed E-state index contributed by atoms with van der Waals surface area (Å²) in [5, 5.41) is 11.8. The van der Waals surface area contributed by atoms with Gasteiger partial charge >= 0.3 is 12.0 Å². The lowest BCUT2D eigenvalue weighted by molar-refractivity contribution is -0.139. The fraction of sp³-hybridized carbons (Fsp3) is 0.679. The van der Waals surface area contributed by atoms with Gasteiger partial charge in [-0.3, -0.25) is 14.5 Å². The Bertz CT molecular complexity index is 965. The molecule has 198 valence electrons. The molecule has 2 aliphatic carbocycles. The predicted octanol–water partition coefficient (Wildman–Crippen LogP) is 3.66. The molecule has 1 saturated heterocycles. The lowest BCUT2D eigenvalue weighted by Crippen LogP contribution is -2.55. The maximum atomic E-state index is 13.7. The first-order valence-electron chi connectivity index (χ1n) is 13.3. The number of urea groups is 1. The van der Waals surface area contributed by atoms with E-state index >= 15 is 0 Å². The number of carboxylic acid groups (broad SMARTS) is 1. The smallest absolute Gasteiger partial charge is 0.320 e. The van der Waals surface area contributed by atoms with E-state index in [1.54, 1.807) is 0 Å². The van der Waals surface area contributed by atoms with Crippen molar-refractivity contribution in [2.75, 3.05) is 33.7 Å². The van der Waals surface area contributed by atoms with Crippen LogP contribution in [0.25, 0.3) is 0 Å². The van der Waals surface area contributed by atoms with Gasteiger partial charge in [0.15, 0.2) is 0 Å². The van der Waals surface area contributed by atoms with Gasteiger partial charge in [-0.15, -0.1) is 0 Å². The van der Waals surface area contributed by atoms with Crippen LogP contribution < -0.4 is 5.32 Å². The summed E-state index contributed by atoms with van der Waals surface area (Å²) in [7, 11) is 4.32. The molecule has 3 amide bonds. The van der Waals surface area contributed by atoms with E-state index in [1.807, 2.05) is 18.7 Å². The number of aliphatic carboxylic acids is 1. The topological polar surface area (TPSA) is 93.2 Å². The van der Waals surface area contributed by atoms with Crippen molar-refractivity contribution < 1.29 is 19.5 Å². The van der Waals surface area contributed by atoms with Crippen LogP contribution in [0.15, 0.2) is 30.3 Å². The number of hydrogen-bond donors (Lipinski definition) is 2. The largest absolute Gasteiger partial charge is 0.481 e. The number of carbonyl (C=O) groups is 3. The highest BCUT2D eigenvalue weighted by molar-refractivity contribution is 5.81. The molecule has 0 unspecified atom stereocenters. The van der Waals surface area contributed by atoms with Crippen LogP contribution in [0, 0.1) is 5.92 Å². The van der Waals surface area contributed by atoms with Crippen molar-refractivity contribution in [3.8, 4) is 0 Å². The lowest BCUT2D eigenvalue weighted by Gasteiger charge is -2.51. The Morgan fingerprint density at radius 3 is 2.28 bits per heavy atom. The van der Waals surface area contributed by atoms with Crippen LogP contribution >= 0.6 is 0 Å². The molecule has 1 aromatic rings.